The number of fused-ring (bicyclic) bond motifs is 1. The van der Waals surface area contributed by atoms with E-state index in [9.17, 15) is 31.2 Å². The Morgan fingerprint density at radius 1 is 1.15 bits per heavy atom. The minimum absolute atomic E-state index is 0.143. The molecule has 2 unspecified atom stereocenters. The molecular formula is C22H23F3N2O5S. The average Bonchev–Trinajstić information content (AvgIpc) is 3.16. The molecule has 11 heteroatoms. The van der Waals surface area contributed by atoms with Gasteiger partial charge in [0.1, 0.15) is 6.04 Å². The fraction of sp³-hybridized carbons (Fsp3) is 0.364. The highest BCUT2D eigenvalue weighted by Gasteiger charge is 2.53. The molecule has 1 aliphatic heterocycles. The maximum Gasteiger partial charge on any atom is 0.398 e. The second kappa shape index (κ2) is 8.79. The van der Waals surface area contributed by atoms with Gasteiger partial charge in [-0.15, -0.1) is 0 Å². The van der Waals surface area contributed by atoms with Gasteiger partial charge in [0.2, 0.25) is 5.91 Å². The van der Waals surface area contributed by atoms with Gasteiger partial charge in [0.05, 0.1) is 23.8 Å². The number of ether oxygens (including phenoxy) is 1. The van der Waals surface area contributed by atoms with Crippen molar-refractivity contribution in [2.24, 2.45) is 0 Å². The molecule has 0 aromatic heterocycles. The maximum atomic E-state index is 13.7. The van der Waals surface area contributed by atoms with Crippen molar-refractivity contribution in [1.82, 2.24) is 5.32 Å². The van der Waals surface area contributed by atoms with E-state index in [1.54, 1.807) is 6.07 Å². The largest absolute Gasteiger partial charge is 0.469 e. The van der Waals surface area contributed by atoms with Crippen molar-refractivity contribution in [3.63, 3.8) is 0 Å². The van der Waals surface area contributed by atoms with Crippen LogP contribution in [0.25, 0.3) is 0 Å². The number of benzene rings is 2. The third-order valence-electron chi connectivity index (χ3n) is 5.75. The third kappa shape index (κ3) is 5.03. The monoisotopic (exact) mass is 484 g/mol. The SMILES string of the molecule is COC(=O)CC(C)(c1ccc(NC(=O)C2NCc3cc(S(C)(=O)=O)ccc32)cc1)C(F)(F)F. The van der Waals surface area contributed by atoms with E-state index in [0.29, 0.717) is 17.7 Å². The molecule has 1 heterocycles. The summed E-state index contributed by atoms with van der Waals surface area (Å²) < 4.78 is 69.0. The molecule has 2 N–H and O–H groups in total. The van der Waals surface area contributed by atoms with Gasteiger partial charge in [-0.3, -0.25) is 14.9 Å². The van der Waals surface area contributed by atoms with Crippen LogP contribution in [0.3, 0.4) is 0 Å². The quantitative estimate of drug-likeness (QED) is 0.611. The Morgan fingerprint density at radius 3 is 2.33 bits per heavy atom. The fourth-order valence-electron chi connectivity index (χ4n) is 3.67. The van der Waals surface area contributed by atoms with E-state index in [0.717, 1.165) is 20.3 Å². The van der Waals surface area contributed by atoms with Gasteiger partial charge in [-0.1, -0.05) is 18.2 Å². The molecule has 0 saturated heterocycles. The zero-order valence-electron chi connectivity index (χ0n) is 18.1. The van der Waals surface area contributed by atoms with Crippen LogP contribution in [0.4, 0.5) is 18.9 Å². The van der Waals surface area contributed by atoms with Crippen molar-refractivity contribution in [3.05, 3.63) is 59.2 Å². The molecule has 0 radical (unpaired) electrons. The van der Waals surface area contributed by atoms with E-state index in [1.165, 1.54) is 36.4 Å². The first kappa shape index (κ1) is 24.7. The molecule has 178 valence electrons. The van der Waals surface area contributed by atoms with Crippen LogP contribution in [0.5, 0.6) is 0 Å². The highest BCUT2D eigenvalue weighted by molar-refractivity contribution is 7.90. The molecule has 0 bridgehead atoms. The molecule has 7 nitrogen and oxygen atoms in total. The van der Waals surface area contributed by atoms with E-state index >= 15 is 0 Å². The van der Waals surface area contributed by atoms with Gasteiger partial charge in [0.25, 0.3) is 0 Å². The lowest BCUT2D eigenvalue weighted by Gasteiger charge is -2.31. The van der Waals surface area contributed by atoms with Gasteiger partial charge in [-0.2, -0.15) is 13.2 Å². The summed E-state index contributed by atoms with van der Waals surface area (Å²) in [6, 6.07) is 8.85. The van der Waals surface area contributed by atoms with Crippen molar-refractivity contribution >= 4 is 27.4 Å². The number of amides is 1. The summed E-state index contributed by atoms with van der Waals surface area (Å²) in [5.41, 5.74) is -1.02. The second-order valence-electron chi connectivity index (χ2n) is 8.10. The van der Waals surface area contributed by atoms with Crippen molar-refractivity contribution in [1.29, 1.82) is 0 Å². The summed E-state index contributed by atoms with van der Waals surface area (Å²) in [6.07, 6.45) is -4.48. The Morgan fingerprint density at radius 2 is 1.79 bits per heavy atom. The lowest BCUT2D eigenvalue weighted by atomic mass is 9.78. The van der Waals surface area contributed by atoms with E-state index in [2.05, 4.69) is 15.4 Å². The number of carbonyl (C=O) groups is 2. The maximum absolute atomic E-state index is 13.7. The van der Waals surface area contributed by atoms with Crippen LogP contribution in [0, 0.1) is 0 Å². The minimum Gasteiger partial charge on any atom is -0.469 e. The normalized spacial score (nSPS) is 17.7. The van der Waals surface area contributed by atoms with Gasteiger partial charge in [-0.25, -0.2) is 8.42 Å². The van der Waals surface area contributed by atoms with Gasteiger partial charge in [-0.05, 0) is 47.9 Å². The first-order chi connectivity index (χ1) is 15.3. The summed E-state index contributed by atoms with van der Waals surface area (Å²) in [4.78, 5) is 24.5. The molecule has 0 saturated carbocycles. The Kier molecular flexibility index (Phi) is 6.58. The molecule has 33 heavy (non-hydrogen) atoms. The van der Waals surface area contributed by atoms with Gasteiger partial charge >= 0.3 is 12.1 Å². The lowest BCUT2D eigenvalue weighted by Crippen LogP contribution is -2.41. The second-order valence-corrected chi connectivity index (χ2v) is 10.1. The molecule has 1 amide bonds. The number of nitrogens with one attached hydrogen (secondary N) is 2. The number of hydrogen-bond acceptors (Lipinski definition) is 6. The van der Waals surface area contributed by atoms with Crippen LogP contribution in [-0.4, -0.2) is 39.8 Å². The molecule has 2 atom stereocenters. The predicted molar refractivity (Wildman–Crippen MR) is 114 cm³/mol. The van der Waals surface area contributed by atoms with Gasteiger partial charge in [0, 0.05) is 18.5 Å². The van der Waals surface area contributed by atoms with Crippen molar-refractivity contribution < 1.29 is 35.9 Å². The highest BCUT2D eigenvalue weighted by atomic mass is 32.2. The van der Waals surface area contributed by atoms with E-state index in [-0.39, 0.29) is 16.1 Å². The number of hydrogen-bond donors (Lipinski definition) is 2. The van der Waals surface area contributed by atoms with Crippen LogP contribution >= 0.6 is 0 Å². The first-order valence-corrected chi connectivity index (χ1v) is 11.8. The molecule has 1 aliphatic rings. The Balaban J connectivity index is 1.78. The molecular weight excluding hydrogens is 461 g/mol. The zero-order chi connectivity index (χ0) is 24.6. The van der Waals surface area contributed by atoms with Crippen molar-refractivity contribution in [3.8, 4) is 0 Å². The molecule has 3 rings (SSSR count). The van der Waals surface area contributed by atoms with Crippen LogP contribution < -0.4 is 10.6 Å². The number of anilines is 1. The predicted octanol–water partition coefficient (Wildman–Crippen LogP) is 3.26. The number of alkyl halides is 3. The van der Waals surface area contributed by atoms with Crippen molar-refractivity contribution in [2.45, 2.75) is 42.4 Å². The summed E-state index contributed by atoms with van der Waals surface area (Å²) in [7, 11) is -2.36. The highest BCUT2D eigenvalue weighted by Crippen LogP contribution is 2.44. The summed E-state index contributed by atoms with van der Waals surface area (Å²) >= 11 is 0. The average molecular weight is 484 g/mol. The van der Waals surface area contributed by atoms with Gasteiger partial charge in [0.15, 0.2) is 9.84 Å². The summed E-state index contributed by atoms with van der Waals surface area (Å²) in [5.74, 6) is -1.43. The zero-order valence-corrected chi connectivity index (χ0v) is 18.9. The van der Waals surface area contributed by atoms with E-state index < -0.39 is 45.8 Å². The standard InChI is InChI=1S/C22H23F3N2O5S/c1-21(22(23,24)25,11-18(28)32-2)14-4-6-15(7-5-14)27-20(29)19-17-9-8-16(33(3,30)31)10-13(17)12-26-19/h4-10,19,26H,11-12H2,1-3H3,(H,27,29). The van der Waals surface area contributed by atoms with Crippen LogP contribution in [-0.2, 0) is 36.1 Å². The Bertz CT molecular complexity index is 1180. The molecule has 0 spiro atoms. The molecule has 2 aromatic carbocycles. The number of sulfone groups is 1. The lowest BCUT2D eigenvalue weighted by molar-refractivity contribution is -0.193. The van der Waals surface area contributed by atoms with Crippen LogP contribution in [0.1, 0.15) is 36.1 Å². The Hall–Kier alpha value is -2.92. The number of methoxy groups -OCH3 is 1. The number of halogens is 3. The van der Waals surface area contributed by atoms with Gasteiger partial charge < -0.3 is 10.1 Å². The topological polar surface area (TPSA) is 102 Å². The smallest absolute Gasteiger partial charge is 0.398 e. The van der Waals surface area contributed by atoms with E-state index in [4.69, 9.17) is 0 Å². The van der Waals surface area contributed by atoms with Crippen LogP contribution in [0.15, 0.2) is 47.4 Å². The summed E-state index contributed by atoms with van der Waals surface area (Å²) in [5, 5.41) is 5.64. The molecule has 0 fully saturated rings. The van der Waals surface area contributed by atoms with E-state index in [1.807, 2.05) is 0 Å². The van der Waals surface area contributed by atoms with Crippen molar-refractivity contribution in [2.75, 3.05) is 18.7 Å². The minimum atomic E-state index is -4.70. The number of carbonyl (C=O) groups excluding carboxylic acids is 2. The number of esters is 1. The van der Waals surface area contributed by atoms with Crippen LogP contribution in [0.2, 0.25) is 0 Å². The molecule has 0 aliphatic carbocycles. The summed E-state index contributed by atoms with van der Waals surface area (Å²) in [6.45, 7) is 1.22. The molecule has 2 aromatic rings. The fourth-order valence-corrected chi connectivity index (χ4v) is 4.34. The third-order valence-corrected chi connectivity index (χ3v) is 6.86. The number of rotatable bonds is 6. The Labute approximate surface area is 189 Å². The first-order valence-electron chi connectivity index (χ1n) is 9.87.